The summed E-state index contributed by atoms with van der Waals surface area (Å²) < 4.78 is 29.2. The quantitative estimate of drug-likeness (QED) is 0.407. The number of aryl methyl sites for hydroxylation is 2. The first kappa shape index (κ1) is 21.6. The van der Waals surface area contributed by atoms with Crippen molar-refractivity contribution in [2.24, 2.45) is 0 Å². The minimum absolute atomic E-state index is 0.212. The van der Waals surface area contributed by atoms with Gasteiger partial charge >= 0.3 is 0 Å². The maximum atomic E-state index is 12.9. The van der Waals surface area contributed by atoms with E-state index in [1.807, 2.05) is 19.9 Å². The summed E-state index contributed by atoms with van der Waals surface area (Å²) in [7, 11) is -3.71. The summed E-state index contributed by atoms with van der Waals surface area (Å²) in [4.78, 5) is 16.0. The molecule has 1 aliphatic heterocycles. The number of sulfonamides is 1. The zero-order valence-electron chi connectivity index (χ0n) is 18.4. The van der Waals surface area contributed by atoms with Gasteiger partial charge in [0.05, 0.1) is 20.1 Å². The molecule has 2 aromatic heterocycles. The third-order valence-corrected chi connectivity index (χ3v) is 7.75. The van der Waals surface area contributed by atoms with Crippen molar-refractivity contribution in [2.45, 2.75) is 31.6 Å². The SMILES string of the molecule is Cc1cc(N2CCCC2)nc(Nc2ccc(NS(=O)(=O)c3ccc4nc(C)sc4c3)cc2)n1. The Labute approximate surface area is 196 Å². The molecule has 1 fully saturated rings. The Kier molecular flexibility index (Phi) is 5.63. The molecule has 170 valence electrons. The summed E-state index contributed by atoms with van der Waals surface area (Å²) in [5.74, 6) is 1.46. The molecular weight excluding hydrogens is 456 g/mol. The fourth-order valence-corrected chi connectivity index (χ4v) is 5.89. The number of nitrogens with one attached hydrogen (secondary N) is 2. The van der Waals surface area contributed by atoms with Gasteiger partial charge in [-0.15, -0.1) is 11.3 Å². The van der Waals surface area contributed by atoms with Crippen molar-refractivity contribution in [1.82, 2.24) is 15.0 Å². The molecule has 0 bridgehead atoms. The number of benzene rings is 2. The highest BCUT2D eigenvalue weighted by molar-refractivity contribution is 7.92. The highest BCUT2D eigenvalue weighted by Gasteiger charge is 2.17. The minimum Gasteiger partial charge on any atom is -0.356 e. The molecule has 4 aromatic rings. The summed E-state index contributed by atoms with van der Waals surface area (Å²) in [5, 5.41) is 4.12. The van der Waals surface area contributed by atoms with Gasteiger partial charge in [-0.3, -0.25) is 4.72 Å². The lowest BCUT2D eigenvalue weighted by Gasteiger charge is -2.17. The van der Waals surface area contributed by atoms with E-state index in [0.29, 0.717) is 11.6 Å². The average Bonchev–Trinajstić information content (AvgIpc) is 3.43. The third-order valence-electron chi connectivity index (χ3n) is 5.44. The fraction of sp³-hybridized carbons (Fsp3) is 0.261. The lowest BCUT2D eigenvalue weighted by molar-refractivity contribution is 0.601. The number of fused-ring (bicyclic) bond motifs is 1. The molecule has 0 radical (unpaired) electrons. The molecule has 0 spiro atoms. The first-order chi connectivity index (χ1) is 15.9. The van der Waals surface area contributed by atoms with Gasteiger partial charge in [-0.25, -0.2) is 18.4 Å². The molecule has 2 N–H and O–H groups in total. The van der Waals surface area contributed by atoms with Crippen molar-refractivity contribution >= 4 is 54.7 Å². The molecule has 0 atom stereocenters. The predicted molar refractivity (Wildman–Crippen MR) is 133 cm³/mol. The molecule has 3 heterocycles. The van der Waals surface area contributed by atoms with Gasteiger partial charge in [-0.1, -0.05) is 0 Å². The van der Waals surface area contributed by atoms with E-state index in [4.69, 9.17) is 0 Å². The summed E-state index contributed by atoms with van der Waals surface area (Å²) in [5.41, 5.74) is 2.95. The van der Waals surface area contributed by atoms with Crippen molar-refractivity contribution in [3.63, 3.8) is 0 Å². The van der Waals surface area contributed by atoms with E-state index in [9.17, 15) is 8.42 Å². The maximum Gasteiger partial charge on any atom is 0.261 e. The second kappa shape index (κ2) is 8.60. The second-order valence-corrected chi connectivity index (χ2v) is 11.0. The van der Waals surface area contributed by atoms with Crippen molar-refractivity contribution in [2.75, 3.05) is 28.0 Å². The molecule has 1 saturated heterocycles. The van der Waals surface area contributed by atoms with Gasteiger partial charge in [0.15, 0.2) is 0 Å². The summed E-state index contributed by atoms with van der Waals surface area (Å²) in [6.07, 6.45) is 2.36. The number of nitrogens with zero attached hydrogens (tertiary/aromatic N) is 4. The first-order valence-corrected chi connectivity index (χ1v) is 13.0. The van der Waals surface area contributed by atoms with Crippen LogP contribution in [0.25, 0.3) is 10.2 Å². The molecule has 33 heavy (non-hydrogen) atoms. The number of rotatable bonds is 6. The fourth-order valence-electron chi connectivity index (χ4n) is 3.87. The molecule has 5 rings (SSSR count). The topological polar surface area (TPSA) is 100 Å². The van der Waals surface area contributed by atoms with Crippen LogP contribution in [0.5, 0.6) is 0 Å². The average molecular weight is 481 g/mol. The molecule has 2 aromatic carbocycles. The Hall–Kier alpha value is -3.24. The molecule has 10 heteroatoms. The Morgan fingerprint density at radius 3 is 2.39 bits per heavy atom. The van der Waals surface area contributed by atoms with Crippen molar-refractivity contribution in [1.29, 1.82) is 0 Å². The van der Waals surface area contributed by atoms with Crippen LogP contribution in [0.2, 0.25) is 0 Å². The van der Waals surface area contributed by atoms with Crippen LogP contribution in [0.4, 0.5) is 23.1 Å². The largest absolute Gasteiger partial charge is 0.356 e. The van der Waals surface area contributed by atoms with Crippen molar-refractivity contribution in [3.8, 4) is 0 Å². The van der Waals surface area contributed by atoms with Crippen LogP contribution in [0.1, 0.15) is 23.5 Å². The number of aromatic nitrogens is 3. The van der Waals surface area contributed by atoms with E-state index in [-0.39, 0.29) is 4.90 Å². The second-order valence-electron chi connectivity index (χ2n) is 8.06. The minimum atomic E-state index is -3.71. The van der Waals surface area contributed by atoms with Gasteiger partial charge in [0.2, 0.25) is 5.95 Å². The van der Waals surface area contributed by atoms with Crippen LogP contribution in [0.15, 0.2) is 53.4 Å². The summed E-state index contributed by atoms with van der Waals surface area (Å²) >= 11 is 1.47. The lowest BCUT2D eigenvalue weighted by atomic mass is 10.3. The Balaban J connectivity index is 1.31. The van der Waals surface area contributed by atoms with Crippen molar-refractivity contribution in [3.05, 3.63) is 59.2 Å². The van der Waals surface area contributed by atoms with Crippen LogP contribution in [0.3, 0.4) is 0 Å². The van der Waals surface area contributed by atoms with E-state index in [1.165, 1.54) is 24.2 Å². The van der Waals surface area contributed by atoms with E-state index in [1.54, 1.807) is 42.5 Å². The van der Waals surface area contributed by atoms with E-state index in [0.717, 1.165) is 45.5 Å². The monoisotopic (exact) mass is 480 g/mol. The predicted octanol–water partition coefficient (Wildman–Crippen LogP) is 4.85. The lowest BCUT2D eigenvalue weighted by Crippen LogP contribution is -2.19. The van der Waals surface area contributed by atoms with E-state index in [2.05, 4.69) is 29.9 Å². The molecule has 0 amide bonds. The number of hydrogen-bond acceptors (Lipinski definition) is 8. The summed E-state index contributed by atoms with van der Waals surface area (Å²) in [6, 6.07) is 14.0. The van der Waals surface area contributed by atoms with Gasteiger partial charge in [-0.05, 0) is 69.2 Å². The van der Waals surface area contributed by atoms with Gasteiger partial charge in [0.25, 0.3) is 10.0 Å². The van der Waals surface area contributed by atoms with Gasteiger partial charge in [0, 0.05) is 36.2 Å². The first-order valence-electron chi connectivity index (χ1n) is 10.7. The zero-order chi connectivity index (χ0) is 23.0. The highest BCUT2D eigenvalue weighted by Crippen LogP contribution is 2.27. The summed E-state index contributed by atoms with van der Waals surface area (Å²) in [6.45, 7) is 5.89. The Bertz CT molecular complexity index is 1410. The number of hydrogen-bond donors (Lipinski definition) is 2. The molecule has 0 unspecified atom stereocenters. The Morgan fingerprint density at radius 2 is 1.64 bits per heavy atom. The number of anilines is 4. The third kappa shape index (κ3) is 4.76. The molecule has 0 aliphatic carbocycles. The molecule has 8 nitrogen and oxygen atoms in total. The van der Waals surface area contributed by atoms with Crippen LogP contribution in [-0.2, 0) is 10.0 Å². The highest BCUT2D eigenvalue weighted by atomic mass is 32.2. The van der Waals surface area contributed by atoms with Gasteiger partial charge in [-0.2, -0.15) is 4.98 Å². The van der Waals surface area contributed by atoms with Crippen LogP contribution in [-0.4, -0.2) is 36.5 Å². The maximum absolute atomic E-state index is 12.9. The normalized spacial score (nSPS) is 14.1. The standard InChI is InChI=1S/C23H24N6O2S2/c1-15-13-22(29-11-3-4-12-29)27-23(24-15)26-17-5-7-18(8-6-17)28-33(30,31)19-9-10-20-21(14-19)32-16(2)25-20/h5-10,13-14,28H,3-4,11-12H2,1-2H3,(H,24,26,27). The zero-order valence-corrected chi connectivity index (χ0v) is 20.0. The van der Waals surface area contributed by atoms with Crippen LogP contribution < -0.4 is 14.9 Å². The molecule has 1 aliphatic rings. The van der Waals surface area contributed by atoms with Gasteiger partial charge < -0.3 is 10.2 Å². The smallest absolute Gasteiger partial charge is 0.261 e. The van der Waals surface area contributed by atoms with E-state index < -0.39 is 10.0 Å². The van der Waals surface area contributed by atoms with Crippen LogP contribution in [0, 0.1) is 13.8 Å². The van der Waals surface area contributed by atoms with Gasteiger partial charge in [0.1, 0.15) is 5.82 Å². The number of thiazole rings is 1. The van der Waals surface area contributed by atoms with Crippen LogP contribution >= 0.6 is 11.3 Å². The molecule has 0 saturated carbocycles. The van der Waals surface area contributed by atoms with E-state index >= 15 is 0 Å². The molecular formula is C23H24N6O2S2. The Morgan fingerprint density at radius 1 is 0.909 bits per heavy atom. The van der Waals surface area contributed by atoms with Crippen molar-refractivity contribution < 1.29 is 8.42 Å².